The van der Waals surface area contributed by atoms with Gasteiger partial charge in [0.05, 0.1) is 0 Å². The minimum atomic E-state index is 0. The van der Waals surface area contributed by atoms with Crippen LogP contribution in [-0.4, -0.2) is 73.3 Å². The van der Waals surface area contributed by atoms with E-state index in [1.54, 1.807) is 0 Å². The number of hydrogen-bond acceptors (Lipinski definition) is 0. The van der Waals surface area contributed by atoms with E-state index in [1.165, 1.54) is 0 Å². The van der Waals surface area contributed by atoms with Crippen molar-refractivity contribution in [3.05, 3.63) is 0 Å². The van der Waals surface area contributed by atoms with E-state index in [4.69, 9.17) is 0 Å². The molecule has 0 aromatic carbocycles. The Morgan fingerprint density at radius 1 is 0.286 bits per heavy atom. The predicted octanol–water partition coefficient (Wildman–Crippen LogP) is -1.14. The van der Waals surface area contributed by atoms with E-state index in [-0.39, 0.29) is 216 Å². The zero-order valence-corrected chi connectivity index (χ0v) is 25.8. The molecule has 27 valence electrons. The van der Waals surface area contributed by atoms with Gasteiger partial charge < -0.3 is 0 Å². The predicted molar refractivity (Wildman–Crippen MR) is 17.3 cm³/mol. The maximum absolute atomic E-state index is 0. The van der Waals surface area contributed by atoms with Crippen LogP contribution >= 0.6 is 0 Å². The van der Waals surface area contributed by atoms with Crippen molar-refractivity contribution < 1.29 is 142 Å². The molecule has 13 radical (unpaired) electrons. The SMILES string of the molecule is [La].[La].[La].[La].[Sb].[Sb].[Sb]. The topological polar surface area (TPSA) is 0 Å². The molecule has 0 fully saturated rings. The minimum absolute atomic E-state index is 0. The van der Waals surface area contributed by atoms with Crippen LogP contribution < -0.4 is 0 Å². The summed E-state index contributed by atoms with van der Waals surface area (Å²) in [7, 11) is 0. The van der Waals surface area contributed by atoms with Crippen molar-refractivity contribution in [1.29, 1.82) is 0 Å². The molecule has 0 heterocycles. The van der Waals surface area contributed by atoms with Crippen molar-refractivity contribution in [3.63, 3.8) is 0 Å². The molecule has 0 atom stereocenters. The second-order valence-electron chi connectivity index (χ2n) is 0. The van der Waals surface area contributed by atoms with Crippen LogP contribution in [0.5, 0.6) is 0 Å². The Morgan fingerprint density at radius 2 is 0.286 bits per heavy atom. The Labute approximate surface area is 208 Å². The third-order valence-electron chi connectivity index (χ3n) is 0. The Morgan fingerprint density at radius 3 is 0.286 bits per heavy atom. The van der Waals surface area contributed by atoms with Crippen LogP contribution in [0.25, 0.3) is 0 Å². The van der Waals surface area contributed by atoms with Crippen LogP contribution in [0.4, 0.5) is 0 Å². The van der Waals surface area contributed by atoms with Crippen molar-refractivity contribution in [2.24, 2.45) is 0 Å². The van der Waals surface area contributed by atoms with E-state index in [0.717, 1.165) is 0 Å². The van der Waals surface area contributed by atoms with E-state index in [1.807, 2.05) is 0 Å². The molecule has 0 nitrogen and oxygen atoms in total. The van der Waals surface area contributed by atoms with Gasteiger partial charge >= 0.3 is 0 Å². The van der Waals surface area contributed by atoms with Gasteiger partial charge in [-0.2, -0.15) is 0 Å². The Bertz CT molecular complexity index is 6.90. The molecule has 0 bridgehead atoms. The summed E-state index contributed by atoms with van der Waals surface area (Å²) in [4.78, 5) is 0. The average Bonchev–Trinajstić information content (AvgIpc) is 0. The maximum atomic E-state index is 0. The molecular formula is La4Sb3. The largest absolute Gasteiger partial charge is 0 e. The summed E-state index contributed by atoms with van der Waals surface area (Å²) in [6.07, 6.45) is 0. The summed E-state index contributed by atoms with van der Waals surface area (Å²) in [5.74, 6) is 0. The molecule has 0 aliphatic rings. The molecule has 7 heteroatoms. The van der Waals surface area contributed by atoms with Crippen molar-refractivity contribution in [3.8, 4) is 0 Å². The van der Waals surface area contributed by atoms with Gasteiger partial charge in [0.15, 0.2) is 0 Å². The van der Waals surface area contributed by atoms with E-state index in [9.17, 15) is 0 Å². The fourth-order valence-corrected chi connectivity index (χ4v) is 0. The number of rotatable bonds is 0. The van der Waals surface area contributed by atoms with Crippen LogP contribution in [-0.2, 0) is 0 Å². The van der Waals surface area contributed by atoms with E-state index >= 15 is 0 Å². The molecular weight excluding hydrogens is 921 g/mol. The monoisotopic (exact) mass is 918 g/mol. The van der Waals surface area contributed by atoms with Crippen LogP contribution in [0, 0.1) is 142 Å². The van der Waals surface area contributed by atoms with E-state index < -0.39 is 0 Å². The quantitative estimate of drug-likeness (QED) is 0.270. The van der Waals surface area contributed by atoms with Crippen LogP contribution in [0.3, 0.4) is 0 Å². The first kappa shape index (κ1) is 47.6. The van der Waals surface area contributed by atoms with Gasteiger partial charge in [0, 0.05) is 216 Å². The minimum Gasteiger partial charge on any atom is 0 e. The Hall–Kier alpha value is 7.23. The van der Waals surface area contributed by atoms with Crippen molar-refractivity contribution >= 4 is 73.3 Å². The van der Waals surface area contributed by atoms with Gasteiger partial charge in [-0.1, -0.05) is 0 Å². The third kappa shape index (κ3) is 31.9. The fourth-order valence-electron chi connectivity index (χ4n) is 0. The standard InChI is InChI=1S/4La.3Sb. The second kappa shape index (κ2) is 37.9. The fraction of sp³-hybridized carbons (Fsp3) is 0. The smallest absolute Gasteiger partial charge is 0 e. The molecule has 0 saturated carbocycles. The molecule has 0 unspecified atom stereocenters. The van der Waals surface area contributed by atoms with Gasteiger partial charge in [0.25, 0.3) is 0 Å². The van der Waals surface area contributed by atoms with Gasteiger partial charge in [-0.3, -0.25) is 0 Å². The molecule has 0 aromatic rings. The molecule has 0 rings (SSSR count). The van der Waals surface area contributed by atoms with Gasteiger partial charge in [-0.25, -0.2) is 0 Å². The first-order valence-electron chi connectivity index (χ1n) is 0. The Kier molecular flexibility index (Phi) is 258. The van der Waals surface area contributed by atoms with Crippen LogP contribution in [0.1, 0.15) is 0 Å². The second-order valence-corrected chi connectivity index (χ2v) is 0. The van der Waals surface area contributed by atoms with Crippen molar-refractivity contribution in [2.45, 2.75) is 0 Å². The first-order chi connectivity index (χ1) is 0. The zero-order valence-electron chi connectivity index (χ0n) is 3.65. The summed E-state index contributed by atoms with van der Waals surface area (Å²) < 4.78 is 0. The van der Waals surface area contributed by atoms with Gasteiger partial charge in [0.1, 0.15) is 0 Å². The normalized spacial score (nSPS) is 0. The van der Waals surface area contributed by atoms with Crippen LogP contribution in [0.15, 0.2) is 0 Å². The average molecular weight is 921 g/mol. The summed E-state index contributed by atoms with van der Waals surface area (Å²) in [6, 6.07) is 0. The molecule has 0 amide bonds. The molecule has 0 saturated heterocycles. The van der Waals surface area contributed by atoms with Gasteiger partial charge in [-0.15, -0.1) is 0 Å². The molecule has 0 aromatic heterocycles. The summed E-state index contributed by atoms with van der Waals surface area (Å²) in [6.45, 7) is 0. The van der Waals surface area contributed by atoms with Crippen LogP contribution in [0.2, 0.25) is 0 Å². The third-order valence-corrected chi connectivity index (χ3v) is 0. The van der Waals surface area contributed by atoms with Gasteiger partial charge in [-0.05, 0) is 0 Å². The van der Waals surface area contributed by atoms with Gasteiger partial charge in [0.2, 0.25) is 0 Å². The number of hydrogen-bond donors (Lipinski definition) is 0. The summed E-state index contributed by atoms with van der Waals surface area (Å²) >= 11 is 0. The maximum Gasteiger partial charge on any atom is 0 e. The Balaban J connectivity index is 0. The molecule has 0 aliphatic carbocycles. The molecule has 7 heavy (non-hydrogen) atoms. The van der Waals surface area contributed by atoms with Crippen molar-refractivity contribution in [2.75, 3.05) is 0 Å². The van der Waals surface area contributed by atoms with Crippen molar-refractivity contribution in [1.82, 2.24) is 0 Å². The molecule has 0 aliphatic heterocycles. The summed E-state index contributed by atoms with van der Waals surface area (Å²) in [5.41, 5.74) is 0. The molecule has 0 spiro atoms. The van der Waals surface area contributed by atoms with E-state index in [0.29, 0.717) is 0 Å². The molecule has 0 N–H and O–H groups in total. The first-order valence-corrected chi connectivity index (χ1v) is 0. The zero-order chi connectivity index (χ0) is 0. The van der Waals surface area contributed by atoms with E-state index in [2.05, 4.69) is 0 Å². The summed E-state index contributed by atoms with van der Waals surface area (Å²) in [5, 5.41) is 0.